The number of nitrogens with two attached hydrogens (primary N) is 1. The Morgan fingerprint density at radius 1 is 1.26 bits per heavy atom. The van der Waals surface area contributed by atoms with Crippen molar-refractivity contribution in [2.45, 2.75) is 33.2 Å². The molecule has 1 aliphatic rings. The van der Waals surface area contributed by atoms with Gasteiger partial charge in [0.15, 0.2) is 17.5 Å². The first kappa shape index (κ1) is 17.4. The molecule has 0 bridgehead atoms. The molecule has 3 N–H and O–H groups in total. The first-order chi connectivity index (χ1) is 11.1. The number of fused-ring (bicyclic) bond motifs is 1. The topological polar surface area (TPSA) is 72.1 Å². The average molecular weight is 320 g/mol. The van der Waals surface area contributed by atoms with E-state index in [2.05, 4.69) is 36.0 Å². The first-order valence-corrected chi connectivity index (χ1v) is 8.34. The van der Waals surface area contributed by atoms with E-state index < -0.39 is 0 Å². The molecule has 0 amide bonds. The lowest BCUT2D eigenvalue weighted by Crippen LogP contribution is -2.36. The van der Waals surface area contributed by atoms with Crippen molar-refractivity contribution >= 4 is 11.6 Å². The molecule has 0 saturated carbocycles. The SMILES string of the molecule is CCN(CC)C(C)CN=C(N)Nc1ccc2c(c1)OCCCO2. The summed E-state index contributed by atoms with van der Waals surface area (Å²) in [4.78, 5) is 6.79. The van der Waals surface area contributed by atoms with Crippen LogP contribution >= 0.6 is 0 Å². The molecular weight excluding hydrogens is 292 g/mol. The number of guanidine groups is 1. The van der Waals surface area contributed by atoms with Gasteiger partial charge < -0.3 is 20.5 Å². The fourth-order valence-corrected chi connectivity index (χ4v) is 2.62. The van der Waals surface area contributed by atoms with Crippen LogP contribution in [0.3, 0.4) is 0 Å². The highest BCUT2D eigenvalue weighted by Gasteiger charge is 2.12. The molecule has 1 aromatic rings. The molecule has 0 aliphatic carbocycles. The third kappa shape index (κ3) is 5.03. The van der Waals surface area contributed by atoms with Crippen molar-refractivity contribution in [1.29, 1.82) is 0 Å². The molecule has 6 nitrogen and oxygen atoms in total. The molecule has 128 valence electrons. The minimum absolute atomic E-state index is 0.370. The van der Waals surface area contributed by atoms with Gasteiger partial charge in [0.05, 0.1) is 19.8 Å². The van der Waals surface area contributed by atoms with Gasteiger partial charge in [0, 0.05) is 24.2 Å². The van der Waals surface area contributed by atoms with Crippen LogP contribution in [-0.4, -0.2) is 49.7 Å². The molecule has 1 atom stereocenters. The van der Waals surface area contributed by atoms with Gasteiger partial charge in [0.25, 0.3) is 0 Å². The number of hydrogen-bond acceptors (Lipinski definition) is 4. The van der Waals surface area contributed by atoms with Crippen molar-refractivity contribution in [3.63, 3.8) is 0 Å². The summed E-state index contributed by atoms with van der Waals surface area (Å²) in [6.07, 6.45) is 0.893. The molecule has 1 unspecified atom stereocenters. The van der Waals surface area contributed by atoms with Crippen LogP contribution in [0.25, 0.3) is 0 Å². The molecule has 1 heterocycles. The molecule has 0 fully saturated rings. The Bertz CT molecular complexity index is 529. The van der Waals surface area contributed by atoms with Gasteiger partial charge in [-0.25, -0.2) is 0 Å². The molecule has 0 aromatic heterocycles. The van der Waals surface area contributed by atoms with E-state index in [9.17, 15) is 0 Å². The Morgan fingerprint density at radius 2 is 1.96 bits per heavy atom. The van der Waals surface area contributed by atoms with Crippen molar-refractivity contribution in [2.75, 3.05) is 38.2 Å². The maximum atomic E-state index is 5.99. The number of hydrogen-bond donors (Lipinski definition) is 2. The number of anilines is 1. The zero-order valence-electron chi connectivity index (χ0n) is 14.3. The molecule has 1 aliphatic heterocycles. The number of ether oxygens (including phenoxy) is 2. The minimum atomic E-state index is 0.370. The maximum Gasteiger partial charge on any atom is 0.193 e. The van der Waals surface area contributed by atoms with Gasteiger partial charge >= 0.3 is 0 Å². The third-order valence-corrected chi connectivity index (χ3v) is 3.98. The van der Waals surface area contributed by atoms with Gasteiger partial charge in [-0.2, -0.15) is 0 Å². The summed E-state index contributed by atoms with van der Waals surface area (Å²) in [6, 6.07) is 6.09. The molecular formula is C17H28N4O2. The van der Waals surface area contributed by atoms with Crippen LogP contribution in [0.15, 0.2) is 23.2 Å². The normalized spacial score (nSPS) is 16.1. The van der Waals surface area contributed by atoms with Gasteiger partial charge in [-0.3, -0.25) is 9.89 Å². The van der Waals surface area contributed by atoms with Crippen molar-refractivity contribution in [1.82, 2.24) is 4.90 Å². The lowest BCUT2D eigenvalue weighted by atomic mass is 10.2. The van der Waals surface area contributed by atoms with Crippen molar-refractivity contribution in [2.24, 2.45) is 10.7 Å². The lowest BCUT2D eigenvalue weighted by Gasteiger charge is -2.24. The Labute approximate surface area is 138 Å². The van der Waals surface area contributed by atoms with E-state index in [-0.39, 0.29) is 0 Å². The fourth-order valence-electron chi connectivity index (χ4n) is 2.62. The average Bonchev–Trinajstić information content (AvgIpc) is 2.79. The summed E-state index contributed by atoms with van der Waals surface area (Å²) >= 11 is 0. The van der Waals surface area contributed by atoms with Crippen molar-refractivity contribution in [3.8, 4) is 11.5 Å². The van der Waals surface area contributed by atoms with E-state index in [4.69, 9.17) is 15.2 Å². The minimum Gasteiger partial charge on any atom is -0.490 e. The Morgan fingerprint density at radius 3 is 2.65 bits per heavy atom. The van der Waals surface area contributed by atoms with Crippen molar-refractivity contribution < 1.29 is 9.47 Å². The van der Waals surface area contributed by atoms with Crippen LogP contribution in [0.5, 0.6) is 11.5 Å². The second-order valence-corrected chi connectivity index (χ2v) is 5.63. The number of likely N-dealkylation sites (N-methyl/N-ethyl adjacent to an activating group) is 1. The Balaban J connectivity index is 1.95. The standard InChI is InChI=1S/C17H28N4O2/c1-4-21(5-2)13(3)12-19-17(18)20-14-7-8-15-16(11-14)23-10-6-9-22-15/h7-8,11,13H,4-6,9-10,12H2,1-3H3,(H3,18,19,20). The van der Waals surface area contributed by atoms with Crippen molar-refractivity contribution in [3.05, 3.63) is 18.2 Å². The lowest BCUT2D eigenvalue weighted by molar-refractivity contribution is 0.237. The molecule has 23 heavy (non-hydrogen) atoms. The molecule has 2 rings (SSSR count). The predicted molar refractivity (Wildman–Crippen MR) is 94.5 cm³/mol. The van der Waals surface area contributed by atoms with Gasteiger partial charge in [-0.05, 0) is 32.1 Å². The summed E-state index contributed by atoms with van der Waals surface area (Å²) in [7, 11) is 0. The molecule has 6 heteroatoms. The highest BCUT2D eigenvalue weighted by Crippen LogP contribution is 2.32. The predicted octanol–water partition coefficient (Wildman–Crippen LogP) is 2.30. The van der Waals surface area contributed by atoms with E-state index in [1.54, 1.807) is 0 Å². The number of nitrogens with one attached hydrogen (secondary N) is 1. The van der Waals surface area contributed by atoms with Crippen LogP contribution in [0.1, 0.15) is 27.2 Å². The Hall–Kier alpha value is -1.95. The van der Waals surface area contributed by atoms with Gasteiger partial charge in [-0.15, -0.1) is 0 Å². The maximum absolute atomic E-state index is 5.99. The van der Waals surface area contributed by atoms with Gasteiger partial charge in [0.1, 0.15) is 0 Å². The summed E-state index contributed by atoms with van der Waals surface area (Å²) in [5.74, 6) is 1.94. The smallest absolute Gasteiger partial charge is 0.193 e. The summed E-state index contributed by atoms with van der Waals surface area (Å²) < 4.78 is 11.3. The highest BCUT2D eigenvalue weighted by molar-refractivity contribution is 5.92. The summed E-state index contributed by atoms with van der Waals surface area (Å²) in [6.45, 7) is 10.5. The number of aliphatic imine (C=N–C) groups is 1. The zero-order valence-corrected chi connectivity index (χ0v) is 14.3. The highest BCUT2D eigenvalue weighted by atomic mass is 16.5. The first-order valence-electron chi connectivity index (χ1n) is 8.34. The van der Waals surface area contributed by atoms with Crippen LogP contribution in [0, 0.1) is 0 Å². The number of rotatable bonds is 6. The van der Waals surface area contributed by atoms with E-state index >= 15 is 0 Å². The fraction of sp³-hybridized carbons (Fsp3) is 0.588. The van der Waals surface area contributed by atoms with Crippen LogP contribution in [0.4, 0.5) is 5.69 Å². The monoisotopic (exact) mass is 320 g/mol. The summed E-state index contributed by atoms with van der Waals surface area (Å²) in [5.41, 5.74) is 6.85. The largest absolute Gasteiger partial charge is 0.490 e. The van der Waals surface area contributed by atoms with E-state index in [0.717, 1.165) is 36.7 Å². The summed E-state index contributed by atoms with van der Waals surface area (Å²) in [5, 5.41) is 3.12. The quantitative estimate of drug-likeness (QED) is 0.621. The molecule has 0 saturated heterocycles. The third-order valence-electron chi connectivity index (χ3n) is 3.98. The van der Waals surface area contributed by atoms with Gasteiger partial charge in [0.2, 0.25) is 0 Å². The molecule has 1 aromatic carbocycles. The number of benzene rings is 1. The van der Waals surface area contributed by atoms with Gasteiger partial charge in [-0.1, -0.05) is 13.8 Å². The molecule has 0 spiro atoms. The van der Waals surface area contributed by atoms with Crippen LogP contribution in [-0.2, 0) is 0 Å². The van der Waals surface area contributed by atoms with E-state index in [1.807, 2.05) is 18.2 Å². The van der Waals surface area contributed by atoms with E-state index in [1.165, 1.54) is 0 Å². The van der Waals surface area contributed by atoms with Crippen LogP contribution in [0.2, 0.25) is 0 Å². The second kappa shape index (κ2) is 8.62. The zero-order chi connectivity index (χ0) is 16.7. The van der Waals surface area contributed by atoms with E-state index in [0.29, 0.717) is 31.8 Å². The number of nitrogens with zero attached hydrogens (tertiary/aromatic N) is 2. The molecule has 0 radical (unpaired) electrons. The second-order valence-electron chi connectivity index (χ2n) is 5.63. The van der Waals surface area contributed by atoms with Crippen LogP contribution < -0.4 is 20.5 Å². The Kier molecular flexibility index (Phi) is 6.52.